The monoisotopic (exact) mass is 603 g/mol. The predicted molar refractivity (Wildman–Crippen MR) is 176 cm³/mol. The van der Waals surface area contributed by atoms with Crippen molar-refractivity contribution in [2.24, 2.45) is 5.41 Å². The van der Waals surface area contributed by atoms with E-state index >= 15 is 0 Å². The van der Waals surface area contributed by atoms with Gasteiger partial charge in [0, 0.05) is 0 Å². The van der Waals surface area contributed by atoms with Crippen LogP contribution in [0.25, 0.3) is 11.1 Å². The van der Waals surface area contributed by atoms with E-state index in [0.717, 1.165) is 33.4 Å². The fourth-order valence-electron chi connectivity index (χ4n) is 6.38. The van der Waals surface area contributed by atoms with Gasteiger partial charge in [0.2, 0.25) is 0 Å². The van der Waals surface area contributed by atoms with Crippen LogP contribution >= 0.6 is 0 Å². The zero-order chi connectivity index (χ0) is 32.1. The van der Waals surface area contributed by atoms with Gasteiger partial charge in [0.15, 0.2) is 0 Å². The molecular formula is C39H41NO5. The molecule has 6 nitrogen and oxygen atoms in total. The van der Waals surface area contributed by atoms with Crippen LogP contribution in [-0.4, -0.2) is 37.3 Å². The molecule has 0 aromatic heterocycles. The normalized spacial score (nSPS) is 15.2. The van der Waals surface area contributed by atoms with E-state index in [2.05, 4.69) is 36.2 Å². The Kier molecular flexibility index (Phi) is 9.37. The van der Waals surface area contributed by atoms with E-state index in [9.17, 15) is 9.59 Å². The van der Waals surface area contributed by atoms with Gasteiger partial charge < -0.3 is 14.2 Å². The molecule has 1 aliphatic rings. The number of benzene rings is 4. The number of esters is 2. The molecule has 45 heavy (non-hydrogen) atoms. The van der Waals surface area contributed by atoms with Gasteiger partial charge >= 0.3 is 11.9 Å². The number of carbonyl (C=O) groups is 2. The second-order valence-electron chi connectivity index (χ2n) is 12.4. The number of methoxy groups -OCH3 is 1. The molecule has 1 unspecified atom stereocenters. The lowest BCUT2D eigenvalue weighted by Gasteiger charge is -2.44. The minimum Gasteiger partial charge on any atom is -0.468 e. The Balaban J connectivity index is 1.73. The van der Waals surface area contributed by atoms with Crippen molar-refractivity contribution in [3.63, 3.8) is 0 Å². The lowest BCUT2D eigenvalue weighted by atomic mass is 9.73. The van der Waals surface area contributed by atoms with Gasteiger partial charge in [0.1, 0.15) is 17.1 Å². The Morgan fingerprint density at radius 3 is 1.89 bits per heavy atom. The topological polar surface area (TPSA) is 73.9 Å². The van der Waals surface area contributed by atoms with Crippen LogP contribution in [-0.2, 0) is 35.9 Å². The number of ether oxygens (including phenoxy) is 3. The molecule has 0 fully saturated rings. The maximum absolute atomic E-state index is 14.5. The summed E-state index contributed by atoms with van der Waals surface area (Å²) in [4.78, 5) is 28.6. The number of fused-ring (bicyclic) bond motifs is 3. The van der Waals surface area contributed by atoms with Gasteiger partial charge in [-0.3, -0.25) is 14.9 Å². The molecule has 0 heterocycles. The van der Waals surface area contributed by atoms with E-state index in [1.54, 1.807) is 6.08 Å². The first kappa shape index (κ1) is 31.9. The summed E-state index contributed by atoms with van der Waals surface area (Å²) >= 11 is 0. The summed E-state index contributed by atoms with van der Waals surface area (Å²) in [6, 6.07) is 34.8. The van der Waals surface area contributed by atoms with Crippen LogP contribution in [0.1, 0.15) is 49.4 Å². The number of allylic oxidation sites excluding steroid dienone is 1. The second kappa shape index (κ2) is 13.2. The van der Waals surface area contributed by atoms with E-state index in [-0.39, 0.29) is 19.6 Å². The van der Waals surface area contributed by atoms with E-state index in [4.69, 9.17) is 14.2 Å². The first-order valence-corrected chi connectivity index (χ1v) is 15.2. The molecule has 6 heteroatoms. The Morgan fingerprint density at radius 2 is 1.36 bits per heavy atom. The maximum Gasteiger partial charge on any atom is 0.325 e. The lowest BCUT2D eigenvalue weighted by molar-refractivity contribution is -0.175. The van der Waals surface area contributed by atoms with Gasteiger partial charge in [-0.25, -0.2) is 0 Å². The average Bonchev–Trinajstić information content (AvgIpc) is 3.33. The van der Waals surface area contributed by atoms with Gasteiger partial charge in [0.05, 0.1) is 25.9 Å². The largest absolute Gasteiger partial charge is 0.468 e. The number of hydrogen-bond donors (Lipinski definition) is 1. The molecule has 4 aromatic rings. The van der Waals surface area contributed by atoms with Crippen molar-refractivity contribution in [2.45, 2.75) is 51.0 Å². The Labute approximate surface area is 266 Å². The van der Waals surface area contributed by atoms with Crippen LogP contribution in [0.15, 0.2) is 122 Å². The molecule has 4 aromatic carbocycles. The van der Waals surface area contributed by atoms with Crippen molar-refractivity contribution in [2.75, 3.05) is 13.7 Å². The minimum absolute atomic E-state index is 0.0968. The van der Waals surface area contributed by atoms with Gasteiger partial charge in [-0.05, 0) is 60.6 Å². The van der Waals surface area contributed by atoms with Crippen LogP contribution in [0, 0.1) is 5.41 Å². The summed E-state index contributed by atoms with van der Waals surface area (Å²) in [6.45, 7) is 9.55. The maximum atomic E-state index is 14.5. The summed E-state index contributed by atoms with van der Waals surface area (Å²) in [6.07, 6.45) is 1.73. The fraction of sp³-hybridized carbons (Fsp3) is 0.282. The van der Waals surface area contributed by atoms with Gasteiger partial charge in [0.25, 0.3) is 0 Å². The summed E-state index contributed by atoms with van der Waals surface area (Å²) in [7, 11) is 1.33. The Morgan fingerprint density at radius 1 is 0.822 bits per heavy atom. The van der Waals surface area contributed by atoms with E-state index < -0.39 is 34.5 Å². The lowest BCUT2D eigenvalue weighted by Crippen LogP contribution is -2.63. The molecule has 0 saturated carbocycles. The van der Waals surface area contributed by atoms with Crippen LogP contribution in [0.3, 0.4) is 0 Å². The summed E-state index contributed by atoms with van der Waals surface area (Å²) in [5.74, 6) is -1.18. The predicted octanol–water partition coefficient (Wildman–Crippen LogP) is 7.21. The first-order valence-electron chi connectivity index (χ1n) is 15.2. The zero-order valence-electron chi connectivity index (χ0n) is 26.4. The highest BCUT2D eigenvalue weighted by Crippen LogP contribution is 2.52. The SMILES string of the molecule is C=CCC(COCc1ccccc1)(C(=O)OC)[C@H](NC1(c2ccccc2)c2ccccc2-c2ccccc21)C(=O)OC(C)(C)C. The summed E-state index contributed by atoms with van der Waals surface area (Å²) in [5, 5.41) is 3.77. The number of rotatable bonds is 12. The minimum atomic E-state index is -1.53. The van der Waals surface area contributed by atoms with Gasteiger partial charge in [-0.2, -0.15) is 0 Å². The average molecular weight is 604 g/mol. The van der Waals surface area contributed by atoms with Gasteiger partial charge in [-0.15, -0.1) is 6.58 Å². The van der Waals surface area contributed by atoms with Crippen molar-refractivity contribution in [3.05, 3.63) is 144 Å². The molecule has 0 bridgehead atoms. The van der Waals surface area contributed by atoms with Crippen molar-refractivity contribution in [1.29, 1.82) is 0 Å². The molecule has 0 saturated heterocycles. The first-order chi connectivity index (χ1) is 21.7. The Hall–Kier alpha value is -4.52. The van der Waals surface area contributed by atoms with Crippen molar-refractivity contribution in [3.8, 4) is 11.1 Å². The van der Waals surface area contributed by atoms with E-state index in [1.807, 2.05) is 106 Å². The third-order valence-electron chi connectivity index (χ3n) is 8.29. The summed E-state index contributed by atoms with van der Waals surface area (Å²) in [5.41, 5.74) is 2.50. The van der Waals surface area contributed by atoms with E-state index in [0.29, 0.717) is 0 Å². The van der Waals surface area contributed by atoms with Crippen LogP contribution in [0.4, 0.5) is 0 Å². The summed E-state index contributed by atoms with van der Waals surface area (Å²) < 4.78 is 17.8. The van der Waals surface area contributed by atoms with Crippen molar-refractivity contribution >= 4 is 11.9 Å². The molecule has 0 spiro atoms. The molecule has 1 N–H and O–H groups in total. The third kappa shape index (κ3) is 6.21. The highest BCUT2D eigenvalue weighted by molar-refractivity contribution is 5.90. The molecule has 0 amide bonds. The molecule has 0 radical (unpaired) electrons. The van der Waals surface area contributed by atoms with Crippen molar-refractivity contribution in [1.82, 2.24) is 5.32 Å². The molecule has 0 aliphatic heterocycles. The smallest absolute Gasteiger partial charge is 0.325 e. The van der Waals surface area contributed by atoms with Crippen LogP contribution in [0.2, 0.25) is 0 Å². The standard InChI is InChI=1S/C39H41NO5/c1-6-25-38(36(42)43-5,27-44-26-28-17-9-7-10-18-28)34(35(41)45-37(2,3)4)40-39(29-19-11-8-12-20-29)32-23-15-13-21-30(32)31-22-14-16-24-33(31)39/h6-24,34,40H,1,25-27H2,2-5H3/t34-,38?/m1/s1. The number of hydrogen-bond acceptors (Lipinski definition) is 6. The van der Waals surface area contributed by atoms with Gasteiger partial charge in [-0.1, -0.05) is 115 Å². The van der Waals surface area contributed by atoms with E-state index in [1.165, 1.54) is 7.11 Å². The molecule has 1 aliphatic carbocycles. The molecule has 232 valence electrons. The van der Waals surface area contributed by atoms with Crippen molar-refractivity contribution < 1.29 is 23.8 Å². The third-order valence-corrected chi connectivity index (χ3v) is 8.29. The Bertz CT molecular complexity index is 1600. The zero-order valence-corrected chi connectivity index (χ0v) is 26.4. The molecular weight excluding hydrogens is 562 g/mol. The number of nitrogens with one attached hydrogen (secondary N) is 1. The highest BCUT2D eigenvalue weighted by atomic mass is 16.6. The quantitative estimate of drug-likeness (QED) is 0.136. The fourth-order valence-corrected chi connectivity index (χ4v) is 6.38. The van der Waals surface area contributed by atoms with Crippen LogP contribution in [0.5, 0.6) is 0 Å². The van der Waals surface area contributed by atoms with Crippen LogP contribution < -0.4 is 5.32 Å². The second-order valence-corrected chi connectivity index (χ2v) is 12.4. The highest BCUT2D eigenvalue weighted by Gasteiger charge is 2.56. The number of carbonyl (C=O) groups excluding carboxylic acids is 2. The molecule has 5 rings (SSSR count). The molecule has 2 atom stereocenters.